The Balaban J connectivity index is 1.89. The molecule has 0 aromatic heterocycles. The number of nitrogens with one attached hydrogen (secondary N) is 1. The summed E-state index contributed by atoms with van der Waals surface area (Å²) in [5, 5.41) is 14.6. The van der Waals surface area contributed by atoms with Crippen molar-refractivity contribution in [2.75, 3.05) is 6.61 Å². The molecule has 0 fully saturated rings. The van der Waals surface area contributed by atoms with Crippen molar-refractivity contribution in [3.05, 3.63) is 69.3 Å². The van der Waals surface area contributed by atoms with E-state index in [1.54, 1.807) is 24.3 Å². The van der Waals surface area contributed by atoms with Gasteiger partial charge in [-0.1, -0.05) is 18.2 Å². The van der Waals surface area contributed by atoms with E-state index in [9.17, 15) is 14.9 Å². The predicted molar refractivity (Wildman–Crippen MR) is 90.2 cm³/mol. The molecule has 0 spiro atoms. The summed E-state index contributed by atoms with van der Waals surface area (Å²) < 4.78 is 5.37. The highest BCUT2D eigenvalue weighted by molar-refractivity contribution is 5.86. The number of nitro benzene ring substituents is 1. The molecule has 0 aliphatic rings. The van der Waals surface area contributed by atoms with Gasteiger partial charge in [0.2, 0.25) is 0 Å². The molecule has 24 heavy (non-hydrogen) atoms. The average molecular weight is 327 g/mol. The summed E-state index contributed by atoms with van der Waals surface area (Å²) in [5.74, 6) is 0.138. The molecular weight excluding hydrogens is 310 g/mol. The molecule has 1 amide bonds. The molecule has 0 heterocycles. The van der Waals surface area contributed by atoms with Gasteiger partial charge in [-0.25, -0.2) is 5.43 Å². The molecule has 0 saturated heterocycles. The number of hydrazone groups is 1. The molecule has 1 N–H and O–H groups in total. The van der Waals surface area contributed by atoms with Gasteiger partial charge in [-0.15, -0.1) is 0 Å². The normalized spacial score (nSPS) is 10.6. The van der Waals surface area contributed by atoms with E-state index < -0.39 is 10.8 Å². The number of ether oxygens (including phenoxy) is 1. The Kier molecular flexibility index (Phi) is 5.62. The molecule has 0 bridgehead atoms. The third-order valence-corrected chi connectivity index (χ3v) is 3.37. The van der Waals surface area contributed by atoms with Crippen LogP contribution in [-0.4, -0.2) is 23.7 Å². The molecule has 0 unspecified atom stereocenters. The molecule has 7 nitrogen and oxygen atoms in total. The predicted octanol–water partition coefficient (Wildman–Crippen LogP) is 2.74. The van der Waals surface area contributed by atoms with Gasteiger partial charge >= 0.3 is 0 Å². The lowest BCUT2D eigenvalue weighted by molar-refractivity contribution is -0.385. The van der Waals surface area contributed by atoms with Crippen molar-refractivity contribution in [1.29, 1.82) is 0 Å². The summed E-state index contributed by atoms with van der Waals surface area (Å²) in [5.41, 5.74) is 4.71. The number of amides is 1. The van der Waals surface area contributed by atoms with Crippen LogP contribution in [0.2, 0.25) is 0 Å². The summed E-state index contributed by atoms with van der Waals surface area (Å²) in [4.78, 5) is 22.1. The first-order chi connectivity index (χ1) is 11.5. The highest BCUT2D eigenvalue weighted by atomic mass is 16.6. The van der Waals surface area contributed by atoms with Crippen LogP contribution in [0, 0.1) is 24.0 Å². The number of rotatable bonds is 6. The van der Waals surface area contributed by atoms with E-state index in [0.717, 1.165) is 11.1 Å². The van der Waals surface area contributed by atoms with Crippen molar-refractivity contribution in [3.8, 4) is 5.75 Å². The first-order valence-electron chi connectivity index (χ1n) is 7.23. The Morgan fingerprint density at radius 1 is 1.25 bits per heavy atom. The molecule has 0 aliphatic heterocycles. The number of hydrogen-bond donors (Lipinski definition) is 1. The number of carbonyl (C=O) groups excluding carboxylic acids is 1. The second kappa shape index (κ2) is 7.87. The lowest BCUT2D eigenvalue weighted by Gasteiger charge is -2.07. The van der Waals surface area contributed by atoms with E-state index in [1.807, 2.05) is 26.0 Å². The highest BCUT2D eigenvalue weighted by Gasteiger charge is 2.10. The fourth-order valence-electron chi connectivity index (χ4n) is 1.92. The standard InChI is InChI=1S/C17H17N3O4/c1-12-7-8-15(9-13(12)2)24-11-17(21)19-18-10-14-5-3-4-6-16(14)20(22)23/h3-10H,11H2,1-2H3,(H,19,21)/b18-10-. The number of nitro groups is 1. The van der Waals surface area contributed by atoms with Gasteiger partial charge in [0.05, 0.1) is 16.7 Å². The zero-order valence-electron chi connectivity index (χ0n) is 13.4. The maximum Gasteiger partial charge on any atom is 0.278 e. The minimum absolute atomic E-state index is 0.0816. The van der Waals surface area contributed by atoms with Crippen molar-refractivity contribution in [3.63, 3.8) is 0 Å². The van der Waals surface area contributed by atoms with Crippen molar-refractivity contribution in [2.24, 2.45) is 5.10 Å². The summed E-state index contributed by atoms with van der Waals surface area (Å²) in [7, 11) is 0. The largest absolute Gasteiger partial charge is 0.484 e. The molecule has 2 aromatic carbocycles. The summed E-state index contributed by atoms with van der Waals surface area (Å²) >= 11 is 0. The van der Waals surface area contributed by atoms with Crippen LogP contribution >= 0.6 is 0 Å². The SMILES string of the molecule is Cc1ccc(OCC(=O)N/N=C\c2ccccc2[N+](=O)[O-])cc1C. The van der Waals surface area contributed by atoms with Crippen LogP contribution in [0.15, 0.2) is 47.6 Å². The second-order valence-corrected chi connectivity index (χ2v) is 5.14. The average Bonchev–Trinajstić information content (AvgIpc) is 2.56. The van der Waals surface area contributed by atoms with E-state index in [1.165, 1.54) is 12.3 Å². The maximum absolute atomic E-state index is 11.7. The van der Waals surface area contributed by atoms with E-state index in [0.29, 0.717) is 11.3 Å². The van der Waals surface area contributed by atoms with Crippen LogP contribution in [0.5, 0.6) is 5.75 Å². The Morgan fingerprint density at radius 2 is 2.00 bits per heavy atom. The molecule has 2 rings (SSSR count). The summed E-state index contributed by atoms with van der Waals surface area (Å²) in [6, 6.07) is 11.7. The molecule has 0 radical (unpaired) electrons. The van der Waals surface area contributed by atoms with Crippen molar-refractivity contribution >= 4 is 17.8 Å². The van der Waals surface area contributed by atoms with Gasteiger partial charge in [-0.3, -0.25) is 14.9 Å². The second-order valence-electron chi connectivity index (χ2n) is 5.14. The number of para-hydroxylation sites is 1. The number of carbonyl (C=O) groups is 1. The molecular formula is C17H17N3O4. The third-order valence-electron chi connectivity index (χ3n) is 3.37. The zero-order valence-corrected chi connectivity index (χ0v) is 13.4. The number of hydrogen-bond acceptors (Lipinski definition) is 5. The van der Waals surface area contributed by atoms with Crippen LogP contribution in [0.4, 0.5) is 5.69 Å². The Labute approximate surface area is 139 Å². The molecule has 0 atom stereocenters. The fourth-order valence-corrected chi connectivity index (χ4v) is 1.92. The monoisotopic (exact) mass is 327 g/mol. The first-order valence-corrected chi connectivity index (χ1v) is 7.23. The Morgan fingerprint density at radius 3 is 2.71 bits per heavy atom. The highest BCUT2D eigenvalue weighted by Crippen LogP contribution is 2.16. The van der Waals surface area contributed by atoms with E-state index >= 15 is 0 Å². The Bertz CT molecular complexity index is 787. The van der Waals surface area contributed by atoms with E-state index in [2.05, 4.69) is 10.5 Å². The van der Waals surface area contributed by atoms with Gasteiger partial charge in [-0.2, -0.15) is 5.10 Å². The number of benzene rings is 2. The van der Waals surface area contributed by atoms with Gasteiger partial charge in [0.1, 0.15) is 5.75 Å². The lowest BCUT2D eigenvalue weighted by Crippen LogP contribution is -2.24. The van der Waals surface area contributed by atoms with Crippen LogP contribution in [0.3, 0.4) is 0 Å². The van der Waals surface area contributed by atoms with Gasteiger partial charge in [-0.05, 0) is 43.2 Å². The molecule has 2 aromatic rings. The minimum atomic E-state index is -0.508. The van der Waals surface area contributed by atoms with E-state index in [-0.39, 0.29) is 12.3 Å². The molecule has 0 saturated carbocycles. The third kappa shape index (κ3) is 4.64. The van der Waals surface area contributed by atoms with Crippen LogP contribution in [0.25, 0.3) is 0 Å². The molecule has 0 aliphatic carbocycles. The molecule has 124 valence electrons. The van der Waals surface area contributed by atoms with E-state index in [4.69, 9.17) is 4.74 Å². The van der Waals surface area contributed by atoms with Gasteiger partial charge in [0.25, 0.3) is 11.6 Å². The van der Waals surface area contributed by atoms with Gasteiger partial charge in [0.15, 0.2) is 6.61 Å². The summed E-state index contributed by atoms with van der Waals surface area (Å²) in [6.07, 6.45) is 1.23. The van der Waals surface area contributed by atoms with Gasteiger partial charge < -0.3 is 4.74 Å². The lowest BCUT2D eigenvalue weighted by atomic mass is 10.1. The first kappa shape index (κ1) is 17.1. The van der Waals surface area contributed by atoms with Crippen molar-refractivity contribution in [1.82, 2.24) is 5.43 Å². The quantitative estimate of drug-likeness (QED) is 0.501. The smallest absolute Gasteiger partial charge is 0.278 e. The zero-order chi connectivity index (χ0) is 17.5. The Hall–Kier alpha value is -3.22. The number of aryl methyl sites for hydroxylation is 2. The van der Waals surface area contributed by atoms with Crippen LogP contribution < -0.4 is 10.2 Å². The molecule has 7 heteroatoms. The van der Waals surface area contributed by atoms with Crippen molar-refractivity contribution < 1.29 is 14.5 Å². The fraction of sp³-hybridized carbons (Fsp3) is 0.176. The number of nitrogens with zero attached hydrogens (tertiary/aromatic N) is 2. The summed E-state index contributed by atoms with van der Waals surface area (Å²) in [6.45, 7) is 3.75. The van der Waals surface area contributed by atoms with Crippen LogP contribution in [-0.2, 0) is 4.79 Å². The topological polar surface area (TPSA) is 93.8 Å². The van der Waals surface area contributed by atoms with Crippen molar-refractivity contribution in [2.45, 2.75) is 13.8 Å². The maximum atomic E-state index is 11.7. The minimum Gasteiger partial charge on any atom is -0.484 e. The van der Waals surface area contributed by atoms with Gasteiger partial charge in [0, 0.05) is 6.07 Å². The van der Waals surface area contributed by atoms with Crippen LogP contribution in [0.1, 0.15) is 16.7 Å².